The van der Waals surface area contributed by atoms with Crippen molar-refractivity contribution in [3.05, 3.63) is 181 Å². The summed E-state index contributed by atoms with van der Waals surface area (Å²) in [7, 11) is -19.4. The van der Waals surface area contributed by atoms with Crippen LogP contribution in [0.5, 0.6) is 23.0 Å². The summed E-state index contributed by atoms with van der Waals surface area (Å²) in [5, 5.41) is 113. The van der Waals surface area contributed by atoms with E-state index < -0.39 is 140 Å². The van der Waals surface area contributed by atoms with Crippen molar-refractivity contribution in [2.45, 2.75) is 19.6 Å². The number of nitrogens with one attached hydrogen (secondary N) is 2. The Balaban J connectivity index is 0.00000567. The largest absolute Gasteiger partial charge is 0.506 e. The van der Waals surface area contributed by atoms with E-state index in [4.69, 9.17) is 10.3 Å². The van der Waals surface area contributed by atoms with Gasteiger partial charge in [-0.15, -0.1) is 40.9 Å². The van der Waals surface area contributed by atoms with Crippen LogP contribution in [0.15, 0.2) is 230 Å². The van der Waals surface area contributed by atoms with E-state index in [0.29, 0.717) is 11.4 Å². The van der Waals surface area contributed by atoms with E-state index >= 15 is 0 Å². The third-order valence-electron chi connectivity index (χ3n) is 13.4. The topological polar surface area (TPSA) is 508 Å². The van der Waals surface area contributed by atoms with Crippen LogP contribution in [0.3, 0.4) is 0 Å². The Morgan fingerprint density at radius 1 is 0.372 bits per heavy atom. The van der Waals surface area contributed by atoms with E-state index in [2.05, 4.69) is 51.5 Å². The molecule has 14 N–H and O–H groups in total. The number of hydrogen-bond donors (Lipinski definition) is 12. The van der Waals surface area contributed by atoms with Gasteiger partial charge in [0.1, 0.15) is 66.8 Å². The van der Waals surface area contributed by atoms with Crippen LogP contribution in [-0.2, 0) is 40.3 Å². The Labute approximate surface area is 575 Å². The SMILES string of the molecule is NS(=O)(=O)c1ccc(O)c(N=Nc2c(Nc3ccccc3)ccc3c(O)c(N=Nc4ccc(-c5ccc(N=Nc6c(S(=O)(=O)O)cc7c(N=Nc8cc(S(N)(=O)=O)ccc8O)c(Nc8ccccc8)ccc7c6O)c(C(=O)O)c5)cc4C(=O)O)c(S(=O)(=O)O)cc23)c1.[Na].[Na]. The van der Waals surface area contributed by atoms with Gasteiger partial charge in [-0.2, -0.15) is 16.8 Å². The molecule has 0 atom stereocenters. The van der Waals surface area contributed by atoms with Gasteiger partial charge in [0.25, 0.3) is 20.2 Å². The van der Waals surface area contributed by atoms with Crippen molar-refractivity contribution in [3.8, 4) is 34.1 Å². The van der Waals surface area contributed by atoms with E-state index in [9.17, 15) is 83.0 Å². The molecule has 0 saturated heterocycles. The van der Waals surface area contributed by atoms with Crippen molar-refractivity contribution in [1.82, 2.24) is 0 Å². The molecule has 0 fully saturated rings. The molecule has 0 heterocycles. The van der Waals surface area contributed by atoms with Gasteiger partial charge in [-0.1, -0.05) is 48.5 Å². The standard InChI is InChI=1S/C58H42N12O18S4.2Na/c59-89(79,80)33-13-21-47(71)45(25-33)65-67-51-37-27-49(91(83,84)85)53(55(73)35(37)15-19-43(51)61-31-7-3-1-4-8-31)69-63-41-17-11-29(23-39(41)57(75)76)30-12-18-42(40(24-30)58(77)78)64-70-54-50(92(86,87)88)28-38-36(56(54)74)16-20-44(62-32-9-5-2-6-10-32)52(38)68-66-46-26-34(90(60,81)82)14-22-48(46)72;;/h1-28,61-62,71-74H,(H,75,76)(H,77,78)(H2,59,79,80)(H2,60,81,82)(H,83,84,85)(H,86,87,88);;. The number of phenolic OH excluding ortho intramolecular Hbond substituents is 4. The second kappa shape index (κ2) is 28.0. The van der Waals surface area contributed by atoms with Crippen LogP contribution in [0.4, 0.5) is 68.2 Å². The number of benzene rings is 10. The summed E-state index contributed by atoms with van der Waals surface area (Å²) in [5.41, 5.74) is -4.06. The molecular formula is C58H42N12Na2O18S4. The number of azo groups is 4. The Morgan fingerprint density at radius 2 is 0.713 bits per heavy atom. The molecule has 0 unspecified atom stereocenters. The quantitative estimate of drug-likeness (QED) is 0.0203. The molecule has 10 aromatic rings. The van der Waals surface area contributed by atoms with Crippen LogP contribution in [0.2, 0.25) is 0 Å². The molecule has 94 heavy (non-hydrogen) atoms. The van der Waals surface area contributed by atoms with Gasteiger partial charge in [0.2, 0.25) is 20.0 Å². The molecule has 0 spiro atoms. The summed E-state index contributed by atoms with van der Waals surface area (Å²) in [5.74, 6) is -6.25. The van der Waals surface area contributed by atoms with Gasteiger partial charge in [0.05, 0.1) is 32.3 Å². The van der Waals surface area contributed by atoms with E-state index in [1.165, 1.54) is 36.4 Å². The maximum Gasteiger partial charge on any atom is 0.337 e. The van der Waals surface area contributed by atoms with Crippen LogP contribution in [0.1, 0.15) is 20.7 Å². The first-order valence-corrected chi connectivity index (χ1v) is 31.8. The summed E-state index contributed by atoms with van der Waals surface area (Å²) in [6.07, 6.45) is 0. The molecule has 10 rings (SSSR count). The molecule has 36 heteroatoms. The number of nitrogens with two attached hydrogens (primary N) is 2. The van der Waals surface area contributed by atoms with Crippen molar-refractivity contribution in [1.29, 1.82) is 0 Å². The van der Waals surface area contributed by atoms with Gasteiger partial charge in [-0.05, 0) is 132 Å². The fourth-order valence-electron chi connectivity index (χ4n) is 9.05. The molecule has 0 aliphatic heterocycles. The van der Waals surface area contributed by atoms with Crippen LogP contribution >= 0.6 is 0 Å². The van der Waals surface area contributed by atoms with Crippen LogP contribution in [0, 0.1) is 0 Å². The van der Waals surface area contributed by atoms with Crippen molar-refractivity contribution < 1.29 is 83.0 Å². The number of fused-ring (bicyclic) bond motifs is 2. The fraction of sp³-hybridized carbons (Fsp3) is 0. The summed E-state index contributed by atoms with van der Waals surface area (Å²) >= 11 is 0. The molecule has 0 aliphatic rings. The molecule has 0 aliphatic carbocycles. The van der Waals surface area contributed by atoms with E-state index in [1.807, 2.05) is 0 Å². The van der Waals surface area contributed by atoms with Gasteiger partial charge >= 0.3 is 11.9 Å². The van der Waals surface area contributed by atoms with Gasteiger partial charge < -0.3 is 41.3 Å². The number of para-hydroxylation sites is 2. The first kappa shape index (κ1) is 70.4. The van der Waals surface area contributed by atoms with Crippen molar-refractivity contribution in [3.63, 3.8) is 0 Å². The van der Waals surface area contributed by atoms with E-state index in [0.717, 1.165) is 72.8 Å². The number of carbonyl (C=O) groups is 2. The third-order valence-corrected chi connectivity index (χ3v) is 17.0. The predicted octanol–water partition coefficient (Wildman–Crippen LogP) is 12.1. The molecule has 0 aromatic heterocycles. The predicted molar refractivity (Wildman–Crippen MR) is 343 cm³/mol. The first-order chi connectivity index (χ1) is 43.4. The molecule has 2 radical (unpaired) electrons. The zero-order valence-corrected chi connectivity index (χ0v) is 55.5. The number of rotatable bonds is 19. The zero-order chi connectivity index (χ0) is 66.2. The van der Waals surface area contributed by atoms with Gasteiger partial charge in [-0.25, -0.2) is 36.7 Å². The monoisotopic (exact) mass is 1370 g/mol. The van der Waals surface area contributed by atoms with E-state index in [-0.39, 0.29) is 115 Å². The number of carboxylic acids is 2. The molecule has 30 nitrogen and oxygen atoms in total. The number of hydrogen-bond acceptors (Lipinski definition) is 24. The van der Waals surface area contributed by atoms with Gasteiger partial charge in [-0.3, -0.25) is 9.11 Å². The Morgan fingerprint density at radius 3 is 1.04 bits per heavy atom. The summed E-state index contributed by atoms with van der Waals surface area (Å²) in [6.45, 7) is 0. The third kappa shape index (κ3) is 15.4. The number of anilines is 4. The van der Waals surface area contributed by atoms with Crippen LogP contribution < -0.4 is 20.9 Å². The number of primary sulfonamides is 2. The smallest absolute Gasteiger partial charge is 0.337 e. The first-order valence-electron chi connectivity index (χ1n) is 25.8. The second-order valence-corrected chi connectivity index (χ2v) is 25.4. The van der Waals surface area contributed by atoms with E-state index in [1.54, 1.807) is 60.7 Å². The minimum Gasteiger partial charge on any atom is -0.506 e. The van der Waals surface area contributed by atoms with Gasteiger partial charge in [0.15, 0.2) is 11.5 Å². The normalized spacial score (nSPS) is 12.2. The van der Waals surface area contributed by atoms with Crippen LogP contribution in [0.25, 0.3) is 32.7 Å². The number of nitrogens with zero attached hydrogens (tertiary/aromatic N) is 8. The molecule has 10 aromatic carbocycles. The Kier molecular flexibility index (Phi) is 21.0. The summed E-state index contributed by atoms with van der Waals surface area (Å²) in [6, 6.07) is 36.4. The molecule has 0 saturated carbocycles. The zero-order valence-electron chi connectivity index (χ0n) is 48.2. The summed E-state index contributed by atoms with van der Waals surface area (Å²) in [4.78, 5) is 22.6. The fourth-order valence-corrected chi connectivity index (χ4v) is 11.4. The minimum absolute atomic E-state index is 0. The number of sulfonamides is 2. The number of carboxylic acid groups (broad SMARTS) is 2. The minimum atomic E-state index is -5.38. The molecule has 0 bridgehead atoms. The Bertz CT molecular complexity index is 5040. The van der Waals surface area contributed by atoms with Crippen molar-refractivity contribution in [2.24, 2.45) is 51.2 Å². The number of phenols is 4. The Hall–Kier alpha value is -9.50. The molecule has 0 amide bonds. The average Bonchev–Trinajstić information content (AvgIpc) is 0.760. The van der Waals surface area contributed by atoms with Crippen molar-refractivity contribution >= 4 is 201 Å². The number of aromatic hydroxyl groups is 4. The van der Waals surface area contributed by atoms with Crippen molar-refractivity contribution in [2.75, 3.05) is 10.6 Å². The summed E-state index contributed by atoms with van der Waals surface area (Å²) < 4.78 is 122. The molecular weight excluding hydrogens is 1330 g/mol. The maximum absolute atomic E-state index is 13.1. The van der Waals surface area contributed by atoms with Gasteiger partial charge in [0, 0.05) is 92.0 Å². The molecule has 468 valence electrons. The van der Waals surface area contributed by atoms with Crippen LogP contribution in [-0.4, -0.2) is 144 Å². The number of aromatic carboxylic acids is 2. The average molecular weight is 1370 g/mol. The maximum atomic E-state index is 13.1. The second-order valence-electron chi connectivity index (χ2n) is 19.5.